The SMILES string of the molecule is CSc1ccc(CN(C)[C@@H](C)C(=O)N2CCNC2=O)cc1. The van der Waals surface area contributed by atoms with Crippen LogP contribution in [0, 0.1) is 0 Å². The Morgan fingerprint density at radius 1 is 1.43 bits per heavy atom. The van der Waals surface area contributed by atoms with Crippen LogP contribution in [0.4, 0.5) is 4.79 Å². The van der Waals surface area contributed by atoms with E-state index in [1.54, 1.807) is 11.8 Å². The van der Waals surface area contributed by atoms with Crippen LogP contribution in [0.15, 0.2) is 29.2 Å². The number of nitrogens with zero attached hydrogens (tertiary/aromatic N) is 2. The maximum atomic E-state index is 12.3. The summed E-state index contributed by atoms with van der Waals surface area (Å²) in [5.74, 6) is -0.145. The van der Waals surface area contributed by atoms with E-state index in [-0.39, 0.29) is 18.0 Å². The lowest BCUT2D eigenvalue weighted by Gasteiger charge is -2.26. The Morgan fingerprint density at radius 3 is 2.62 bits per heavy atom. The van der Waals surface area contributed by atoms with E-state index in [0.29, 0.717) is 19.6 Å². The Bertz CT molecular complexity index is 518. The molecule has 3 amide bonds. The van der Waals surface area contributed by atoms with Crippen LogP contribution in [0.1, 0.15) is 12.5 Å². The lowest BCUT2D eigenvalue weighted by molar-refractivity contribution is -0.132. The number of hydrogen-bond acceptors (Lipinski definition) is 4. The van der Waals surface area contributed by atoms with Crippen molar-refractivity contribution in [2.45, 2.75) is 24.4 Å². The average molecular weight is 307 g/mol. The summed E-state index contributed by atoms with van der Waals surface area (Å²) in [6.45, 7) is 3.51. The van der Waals surface area contributed by atoms with Gasteiger partial charge in [0.25, 0.3) is 0 Å². The van der Waals surface area contributed by atoms with E-state index in [4.69, 9.17) is 0 Å². The number of urea groups is 1. The van der Waals surface area contributed by atoms with Gasteiger partial charge in [-0.3, -0.25) is 14.6 Å². The highest BCUT2D eigenvalue weighted by Gasteiger charge is 2.31. The summed E-state index contributed by atoms with van der Waals surface area (Å²) in [7, 11) is 1.90. The normalized spacial score (nSPS) is 16.2. The maximum Gasteiger partial charge on any atom is 0.324 e. The standard InChI is InChI=1S/C15H21N3O2S/c1-11(14(19)18-9-8-16-15(18)20)17(2)10-12-4-6-13(21-3)7-5-12/h4-7,11H,8-10H2,1-3H3,(H,16,20)/t11-/m0/s1. The first-order valence-corrected chi connectivity index (χ1v) is 8.17. The second-order valence-electron chi connectivity index (χ2n) is 5.16. The molecular weight excluding hydrogens is 286 g/mol. The van der Waals surface area contributed by atoms with E-state index in [1.165, 1.54) is 9.80 Å². The first kappa shape index (κ1) is 15.9. The maximum absolute atomic E-state index is 12.3. The van der Waals surface area contributed by atoms with Crippen LogP contribution in [0.2, 0.25) is 0 Å². The van der Waals surface area contributed by atoms with Crippen LogP contribution >= 0.6 is 11.8 Å². The zero-order valence-electron chi connectivity index (χ0n) is 12.6. The molecular formula is C15H21N3O2S. The molecule has 0 bridgehead atoms. The van der Waals surface area contributed by atoms with Gasteiger partial charge in [-0.05, 0) is 37.9 Å². The smallest absolute Gasteiger partial charge is 0.324 e. The van der Waals surface area contributed by atoms with Gasteiger partial charge >= 0.3 is 6.03 Å². The fourth-order valence-electron chi connectivity index (χ4n) is 2.25. The number of benzene rings is 1. The quantitative estimate of drug-likeness (QED) is 0.843. The summed E-state index contributed by atoms with van der Waals surface area (Å²) in [6, 6.07) is 7.69. The van der Waals surface area contributed by atoms with Crippen molar-refractivity contribution >= 4 is 23.7 Å². The van der Waals surface area contributed by atoms with Crippen molar-refractivity contribution in [2.24, 2.45) is 0 Å². The van der Waals surface area contributed by atoms with Gasteiger partial charge < -0.3 is 5.32 Å². The van der Waals surface area contributed by atoms with Gasteiger partial charge in [0.2, 0.25) is 5.91 Å². The molecule has 5 nitrogen and oxygen atoms in total. The molecule has 0 radical (unpaired) electrons. The number of thioether (sulfide) groups is 1. The number of carbonyl (C=O) groups excluding carboxylic acids is 2. The molecule has 1 aliphatic heterocycles. The highest BCUT2D eigenvalue weighted by atomic mass is 32.2. The van der Waals surface area contributed by atoms with Gasteiger partial charge in [0, 0.05) is 24.5 Å². The summed E-state index contributed by atoms with van der Waals surface area (Å²) >= 11 is 1.71. The molecule has 1 N–H and O–H groups in total. The fourth-order valence-corrected chi connectivity index (χ4v) is 2.66. The number of rotatable bonds is 5. The Morgan fingerprint density at radius 2 is 2.10 bits per heavy atom. The van der Waals surface area contributed by atoms with Crippen molar-refractivity contribution in [2.75, 3.05) is 26.4 Å². The van der Waals surface area contributed by atoms with Crippen LogP contribution in [0.3, 0.4) is 0 Å². The lowest BCUT2D eigenvalue weighted by atomic mass is 10.2. The van der Waals surface area contributed by atoms with E-state index in [9.17, 15) is 9.59 Å². The third kappa shape index (κ3) is 3.77. The Kier molecular flexibility index (Phi) is 5.25. The molecule has 1 saturated heterocycles. The second kappa shape index (κ2) is 6.95. The lowest BCUT2D eigenvalue weighted by Crippen LogP contribution is -2.46. The van der Waals surface area contributed by atoms with Gasteiger partial charge in [-0.25, -0.2) is 4.79 Å². The number of likely N-dealkylation sites (N-methyl/N-ethyl adjacent to an activating group) is 1. The van der Waals surface area contributed by atoms with Crippen molar-refractivity contribution in [3.8, 4) is 0 Å². The van der Waals surface area contributed by atoms with Gasteiger partial charge in [-0.15, -0.1) is 11.8 Å². The minimum atomic E-state index is -0.325. The van der Waals surface area contributed by atoms with Crippen LogP contribution < -0.4 is 5.32 Å². The molecule has 2 rings (SSSR count). The molecule has 1 heterocycles. The van der Waals surface area contributed by atoms with Gasteiger partial charge in [0.05, 0.1) is 6.04 Å². The van der Waals surface area contributed by atoms with E-state index < -0.39 is 0 Å². The number of imide groups is 1. The van der Waals surface area contributed by atoms with Crippen molar-refractivity contribution < 1.29 is 9.59 Å². The first-order valence-electron chi connectivity index (χ1n) is 6.95. The topological polar surface area (TPSA) is 52.7 Å². The number of nitrogens with one attached hydrogen (secondary N) is 1. The zero-order chi connectivity index (χ0) is 15.4. The molecule has 6 heteroatoms. The molecule has 1 fully saturated rings. The molecule has 0 aromatic heterocycles. The average Bonchev–Trinajstić information content (AvgIpc) is 2.92. The van der Waals surface area contributed by atoms with E-state index in [2.05, 4.69) is 29.6 Å². The van der Waals surface area contributed by atoms with Crippen LogP contribution in [-0.2, 0) is 11.3 Å². The molecule has 1 aliphatic rings. The van der Waals surface area contributed by atoms with Crippen molar-refractivity contribution in [3.05, 3.63) is 29.8 Å². The summed E-state index contributed by atoms with van der Waals surface area (Å²) in [5.41, 5.74) is 1.15. The van der Waals surface area contributed by atoms with Crippen LogP contribution in [0.25, 0.3) is 0 Å². The van der Waals surface area contributed by atoms with Crippen LogP contribution in [-0.4, -0.2) is 54.2 Å². The van der Waals surface area contributed by atoms with E-state index in [0.717, 1.165) is 5.56 Å². The molecule has 0 saturated carbocycles. The van der Waals surface area contributed by atoms with Crippen molar-refractivity contribution in [1.82, 2.24) is 15.1 Å². The predicted molar refractivity (Wildman–Crippen MR) is 84.3 cm³/mol. The summed E-state index contributed by atoms with van der Waals surface area (Å²) in [5, 5.41) is 2.65. The van der Waals surface area contributed by atoms with Gasteiger partial charge in [0.1, 0.15) is 0 Å². The highest BCUT2D eigenvalue weighted by molar-refractivity contribution is 7.98. The van der Waals surface area contributed by atoms with E-state index >= 15 is 0 Å². The van der Waals surface area contributed by atoms with Crippen molar-refractivity contribution in [3.63, 3.8) is 0 Å². The summed E-state index contributed by atoms with van der Waals surface area (Å²) in [6.07, 6.45) is 2.04. The van der Waals surface area contributed by atoms with Gasteiger partial charge in [0.15, 0.2) is 0 Å². The second-order valence-corrected chi connectivity index (χ2v) is 6.04. The molecule has 114 valence electrons. The zero-order valence-corrected chi connectivity index (χ0v) is 13.4. The third-order valence-corrected chi connectivity index (χ3v) is 4.48. The molecule has 0 aliphatic carbocycles. The molecule has 21 heavy (non-hydrogen) atoms. The fraction of sp³-hybridized carbons (Fsp3) is 0.467. The Labute approximate surface area is 129 Å². The van der Waals surface area contributed by atoms with Crippen molar-refractivity contribution in [1.29, 1.82) is 0 Å². The first-order chi connectivity index (χ1) is 10.0. The molecule has 0 spiro atoms. The monoisotopic (exact) mass is 307 g/mol. The van der Waals surface area contributed by atoms with Crippen LogP contribution in [0.5, 0.6) is 0 Å². The van der Waals surface area contributed by atoms with E-state index in [1.807, 2.05) is 25.1 Å². The Hall–Kier alpha value is -1.53. The number of amides is 3. The molecule has 1 aromatic carbocycles. The number of carbonyl (C=O) groups is 2. The Balaban J connectivity index is 1.96. The van der Waals surface area contributed by atoms with Gasteiger partial charge in [-0.1, -0.05) is 12.1 Å². The third-order valence-electron chi connectivity index (χ3n) is 3.73. The number of hydrogen-bond donors (Lipinski definition) is 1. The van der Waals surface area contributed by atoms with Gasteiger partial charge in [-0.2, -0.15) is 0 Å². The summed E-state index contributed by atoms with van der Waals surface area (Å²) in [4.78, 5) is 28.3. The minimum absolute atomic E-state index is 0.145. The predicted octanol–water partition coefficient (Wildman–Crippen LogP) is 1.78. The summed E-state index contributed by atoms with van der Waals surface area (Å²) < 4.78 is 0. The minimum Gasteiger partial charge on any atom is -0.336 e. The highest BCUT2D eigenvalue weighted by Crippen LogP contribution is 2.16. The molecule has 1 aromatic rings. The molecule has 1 atom stereocenters. The largest absolute Gasteiger partial charge is 0.336 e. The molecule has 0 unspecified atom stereocenters.